The molecule has 0 saturated heterocycles. The summed E-state index contributed by atoms with van der Waals surface area (Å²) in [5, 5.41) is 5.53. The average Bonchev–Trinajstić information content (AvgIpc) is 2.77. The van der Waals surface area contributed by atoms with Gasteiger partial charge in [0, 0.05) is 35.8 Å². The molecule has 0 aliphatic heterocycles. The van der Waals surface area contributed by atoms with E-state index in [1.807, 2.05) is 91.0 Å². The van der Waals surface area contributed by atoms with Gasteiger partial charge in [0.2, 0.25) is 5.91 Å². The molecule has 142 valence electrons. The molecule has 0 aliphatic rings. The van der Waals surface area contributed by atoms with Crippen molar-refractivity contribution in [3.8, 4) is 0 Å². The highest BCUT2D eigenvalue weighted by Crippen LogP contribution is 2.43. The van der Waals surface area contributed by atoms with Gasteiger partial charge in [0.1, 0.15) is 7.14 Å². The molecule has 0 aliphatic carbocycles. The highest BCUT2D eigenvalue weighted by molar-refractivity contribution is 7.78. The molecule has 3 rings (SSSR count). The predicted molar refractivity (Wildman–Crippen MR) is 116 cm³/mol. The van der Waals surface area contributed by atoms with E-state index in [0.29, 0.717) is 6.42 Å². The summed E-state index contributed by atoms with van der Waals surface area (Å²) >= 11 is 0. The second-order valence-corrected chi connectivity index (χ2v) is 9.38. The molecular weight excluding hydrogens is 367 g/mol. The van der Waals surface area contributed by atoms with E-state index in [2.05, 4.69) is 10.5 Å². The SMILES string of the molecule is O=C(CCP(=O)(c1ccccc1)c1ccccc1)NN=CCc1ccccc1. The van der Waals surface area contributed by atoms with E-state index in [1.54, 1.807) is 6.21 Å². The Labute approximate surface area is 165 Å². The highest BCUT2D eigenvalue weighted by atomic mass is 31.2. The lowest BCUT2D eigenvalue weighted by Crippen LogP contribution is -2.23. The molecule has 0 spiro atoms. The molecule has 0 fully saturated rings. The van der Waals surface area contributed by atoms with Crippen LogP contribution in [0.2, 0.25) is 0 Å². The summed E-state index contributed by atoms with van der Waals surface area (Å²) in [7, 11) is -2.88. The fraction of sp³-hybridized carbons (Fsp3) is 0.130. The highest BCUT2D eigenvalue weighted by Gasteiger charge is 2.27. The van der Waals surface area contributed by atoms with Gasteiger partial charge in [0.25, 0.3) is 0 Å². The number of hydrogen-bond acceptors (Lipinski definition) is 3. The molecule has 0 saturated carbocycles. The van der Waals surface area contributed by atoms with E-state index in [4.69, 9.17) is 0 Å². The van der Waals surface area contributed by atoms with Gasteiger partial charge in [-0.2, -0.15) is 5.10 Å². The Bertz CT molecular complexity index is 914. The van der Waals surface area contributed by atoms with Gasteiger partial charge < -0.3 is 4.57 Å². The monoisotopic (exact) mass is 390 g/mol. The number of hydrogen-bond donors (Lipinski definition) is 1. The van der Waals surface area contributed by atoms with Gasteiger partial charge in [-0.15, -0.1) is 0 Å². The second kappa shape index (κ2) is 9.82. The fourth-order valence-electron chi connectivity index (χ4n) is 2.94. The van der Waals surface area contributed by atoms with Crippen LogP contribution in [0.1, 0.15) is 12.0 Å². The molecule has 0 unspecified atom stereocenters. The Morgan fingerprint density at radius 3 is 1.86 bits per heavy atom. The van der Waals surface area contributed by atoms with E-state index >= 15 is 0 Å². The van der Waals surface area contributed by atoms with Crippen LogP contribution in [-0.4, -0.2) is 18.3 Å². The van der Waals surface area contributed by atoms with Crippen LogP contribution in [0.4, 0.5) is 0 Å². The summed E-state index contributed by atoms with van der Waals surface area (Å²) in [5.41, 5.74) is 3.66. The van der Waals surface area contributed by atoms with Crippen molar-refractivity contribution in [2.75, 3.05) is 6.16 Å². The van der Waals surface area contributed by atoms with Crippen molar-refractivity contribution in [3.05, 3.63) is 96.6 Å². The van der Waals surface area contributed by atoms with Gasteiger partial charge >= 0.3 is 0 Å². The van der Waals surface area contributed by atoms with Crippen LogP contribution in [-0.2, 0) is 15.8 Å². The number of carbonyl (C=O) groups is 1. The van der Waals surface area contributed by atoms with Gasteiger partial charge in [-0.3, -0.25) is 4.79 Å². The number of hydrazone groups is 1. The predicted octanol–water partition coefficient (Wildman–Crippen LogP) is 3.74. The molecule has 28 heavy (non-hydrogen) atoms. The first-order valence-electron chi connectivity index (χ1n) is 9.23. The van der Waals surface area contributed by atoms with Gasteiger partial charge in [-0.25, -0.2) is 5.43 Å². The lowest BCUT2D eigenvalue weighted by Gasteiger charge is -2.18. The maximum Gasteiger partial charge on any atom is 0.240 e. The van der Waals surface area contributed by atoms with Crippen molar-refractivity contribution in [2.45, 2.75) is 12.8 Å². The fourth-order valence-corrected chi connectivity index (χ4v) is 5.58. The van der Waals surface area contributed by atoms with Crippen LogP contribution in [0, 0.1) is 0 Å². The number of amides is 1. The molecule has 0 radical (unpaired) electrons. The maximum atomic E-state index is 13.8. The summed E-state index contributed by atoms with van der Waals surface area (Å²) in [5.74, 6) is -0.239. The molecule has 1 N–H and O–H groups in total. The minimum atomic E-state index is -2.88. The van der Waals surface area contributed by atoms with Crippen LogP contribution in [0.15, 0.2) is 96.1 Å². The zero-order valence-corrected chi connectivity index (χ0v) is 16.5. The Kier molecular flexibility index (Phi) is 6.94. The second-order valence-electron chi connectivity index (χ2n) is 6.42. The smallest absolute Gasteiger partial charge is 0.240 e. The van der Waals surface area contributed by atoms with Gasteiger partial charge in [0.05, 0.1) is 0 Å². The number of nitrogens with one attached hydrogen (secondary N) is 1. The lowest BCUT2D eigenvalue weighted by molar-refractivity contribution is -0.120. The molecule has 3 aromatic rings. The third-order valence-corrected chi connectivity index (χ3v) is 7.57. The third kappa shape index (κ3) is 5.28. The van der Waals surface area contributed by atoms with E-state index in [-0.39, 0.29) is 18.5 Å². The average molecular weight is 390 g/mol. The minimum absolute atomic E-state index is 0.143. The minimum Gasteiger partial charge on any atom is -0.314 e. The van der Waals surface area contributed by atoms with Crippen LogP contribution < -0.4 is 16.0 Å². The summed E-state index contributed by atoms with van der Waals surface area (Å²) in [4.78, 5) is 12.2. The molecule has 5 heteroatoms. The van der Waals surface area contributed by atoms with Crippen LogP contribution in [0.25, 0.3) is 0 Å². The zero-order chi connectivity index (χ0) is 19.7. The number of nitrogens with zero attached hydrogens (tertiary/aromatic N) is 1. The molecule has 4 nitrogen and oxygen atoms in total. The third-order valence-electron chi connectivity index (χ3n) is 4.45. The molecular formula is C23H23N2O2P. The van der Waals surface area contributed by atoms with Crippen LogP contribution in [0.5, 0.6) is 0 Å². The normalized spacial score (nSPS) is 11.4. The van der Waals surface area contributed by atoms with E-state index in [1.165, 1.54) is 0 Å². The maximum absolute atomic E-state index is 13.8. The number of carbonyl (C=O) groups excluding carboxylic acids is 1. The summed E-state index contributed by atoms with van der Waals surface area (Å²) in [6.45, 7) is 0. The largest absolute Gasteiger partial charge is 0.314 e. The summed E-state index contributed by atoms with van der Waals surface area (Å²) in [6.07, 6.45) is 2.72. The Morgan fingerprint density at radius 1 is 0.821 bits per heavy atom. The molecule has 0 heterocycles. The molecule has 1 amide bonds. The van der Waals surface area contributed by atoms with Crippen molar-refractivity contribution >= 4 is 29.9 Å². The Balaban J connectivity index is 1.62. The summed E-state index contributed by atoms with van der Waals surface area (Å²) in [6, 6.07) is 28.6. The van der Waals surface area contributed by atoms with E-state index in [0.717, 1.165) is 16.2 Å². The van der Waals surface area contributed by atoms with Crippen molar-refractivity contribution in [2.24, 2.45) is 5.10 Å². The quantitative estimate of drug-likeness (QED) is 0.362. The molecule has 0 atom stereocenters. The van der Waals surface area contributed by atoms with Crippen molar-refractivity contribution in [1.82, 2.24) is 5.43 Å². The van der Waals surface area contributed by atoms with Crippen LogP contribution >= 0.6 is 7.14 Å². The standard InChI is InChI=1S/C23H23N2O2P/c26-23(25-24-18-16-20-10-4-1-5-11-20)17-19-28(27,21-12-6-2-7-13-21)22-14-8-3-9-15-22/h1-15,18H,16-17,19H2,(H,25,26). The first-order chi connectivity index (χ1) is 13.7. The first-order valence-corrected chi connectivity index (χ1v) is 11.1. The van der Waals surface area contributed by atoms with Gasteiger partial charge in [0.15, 0.2) is 0 Å². The topological polar surface area (TPSA) is 58.5 Å². The van der Waals surface area contributed by atoms with Crippen LogP contribution in [0.3, 0.4) is 0 Å². The van der Waals surface area contributed by atoms with Crippen molar-refractivity contribution in [3.63, 3.8) is 0 Å². The van der Waals surface area contributed by atoms with E-state index < -0.39 is 7.14 Å². The number of rotatable bonds is 8. The van der Waals surface area contributed by atoms with Gasteiger partial charge in [-0.1, -0.05) is 91.0 Å². The zero-order valence-electron chi connectivity index (χ0n) is 15.6. The first kappa shape index (κ1) is 19.8. The number of benzene rings is 3. The Morgan fingerprint density at radius 2 is 1.32 bits per heavy atom. The summed E-state index contributed by atoms with van der Waals surface area (Å²) < 4.78 is 13.8. The lowest BCUT2D eigenvalue weighted by atomic mass is 10.2. The molecule has 0 bridgehead atoms. The van der Waals surface area contributed by atoms with E-state index in [9.17, 15) is 9.36 Å². The van der Waals surface area contributed by atoms with Crippen molar-refractivity contribution < 1.29 is 9.36 Å². The molecule has 0 aromatic heterocycles. The molecule has 3 aromatic carbocycles. The van der Waals surface area contributed by atoms with Crippen molar-refractivity contribution in [1.29, 1.82) is 0 Å². The van der Waals surface area contributed by atoms with Gasteiger partial charge in [-0.05, 0) is 5.56 Å². The Hall–Kier alpha value is -2.97.